The van der Waals surface area contributed by atoms with Crippen molar-refractivity contribution in [3.05, 3.63) is 23.8 Å². The maximum atomic E-state index is 12.1. The maximum Gasteiger partial charge on any atom is 0.303 e. The minimum absolute atomic E-state index is 0.0124. The average Bonchev–Trinajstić information content (AvgIpc) is 2.37. The summed E-state index contributed by atoms with van der Waals surface area (Å²) in [5, 5.41) is 8.58. The highest BCUT2D eigenvalue weighted by molar-refractivity contribution is 5.99. The molecular weight excluding hydrogens is 260 g/mol. The van der Waals surface area contributed by atoms with Crippen molar-refractivity contribution in [1.29, 1.82) is 0 Å². The van der Waals surface area contributed by atoms with Crippen LogP contribution in [0, 0.1) is 0 Å². The van der Waals surface area contributed by atoms with Crippen molar-refractivity contribution in [3.63, 3.8) is 0 Å². The molecule has 0 saturated heterocycles. The summed E-state index contributed by atoms with van der Waals surface area (Å²) in [6.45, 7) is 3.80. The van der Waals surface area contributed by atoms with E-state index in [1.54, 1.807) is 18.2 Å². The summed E-state index contributed by atoms with van der Waals surface area (Å²) in [4.78, 5) is 22.6. The summed E-state index contributed by atoms with van der Waals surface area (Å²) in [5.74, 6) is 0.0304. The van der Waals surface area contributed by atoms with Crippen LogP contribution < -0.4 is 9.47 Å². The van der Waals surface area contributed by atoms with Crippen molar-refractivity contribution < 1.29 is 24.2 Å². The third-order valence-electron chi connectivity index (χ3n) is 2.64. The Balaban J connectivity index is 2.83. The topological polar surface area (TPSA) is 72.8 Å². The van der Waals surface area contributed by atoms with E-state index >= 15 is 0 Å². The number of benzene rings is 1. The highest BCUT2D eigenvalue weighted by atomic mass is 16.5. The van der Waals surface area contributed by atoms with Gasteiger partial charge in [0.1, 0.15) is 11.5 Å². The number of rotatable bonds is 8. The van der Waals surface area contributed by atoms with Crippen LogP contribution in [0.2, 0.25) is 0 Å². The average molecular weight is 280 g/mol. The van der Waals surface area contributed by atoms with E-state index in [2.05, 4.69) is 0 Å². The number of aliphatic carboxylic acids is 1. The first-order chi connectivity index (χ1) is 9.43. The zero-order chi connectivity index (χ0) is 15.1. The highest BCUT2D eigenvalue weighted by Gasteiger charge is 2.14. The van der Waals surface area contributed by atoms with E-state index in [1.165, 1.54) is 7.11 Å². The second kappa shape index (κ2) is 7.53. The fourth-order valence-corrected chi connectivity index (χ4v) is 1.79. The standard InChI is InChI=1S/C15H20O5/c1-10(2)20-11-7-8-14(19-3)12(9-11)13(16)5-4-6-15(17)18/h7-10H,4-6H2,1-3H3,(H,17,18). The van der Waals surface area contributed by atoms with Gasteiger partial charge in [-0.15, -0.1) is 0 Å². The Kier molecular flexibility index (Phi) is 6.03. The molecule has 0 heterocycles. The number of methoxy groups -OCH3 is 1. The lowest BCUT2D eigenvalue weighted by Crippen LogP contribution is -2.08. The number of carbonyl (C=O) groups is 2. The van der Waals surface area contributed by atoms with Gasteiger partial charge in [0.15, 0.2) is 5.78 Å². The van der Waals surface area contributed by atoms with Crippen LogP contribution in [0.15, 0.2) is 18.2 Å². The first-order valence-electron chi connectivity index (χ1n) is 6.53. The van der Waals surface area contributed by atoms with Crippen LogP contribution in [0.5, 0.6) is 11.5 Å². The molecule has 5 nitrogen and oxygen atoms in total. The second-order valence-corrected chi connectivity index (χ2v) is 4.70. The smallest absolute Gasteiger partial charge is 0.303 e. The first-order valence-corrected chi connectivity index (χ1v) is 6.53. The molecule has 1 N–H and O–H groups in total. The number of hydrogen-bond donors (Lipinski definition) is 1. The molecule has 1 aromatic carbocycles. The number of carboxylic acids is 1. The molecule has 0 radical (unpaired) electrons. The Morgan fingerprint density at radius 3 is 2.50 bits per heavy atom. The fraction of sp³-hybridized carbons (Fsp3) is 0.467. The number of carbonyl (C=O) groups excluding carboxylic acids is 1. The zero-order valence-corrected chi connectivity index (χ0v) is 12.0. The van der Waals surface area contributed by atoms with E-state index in [4.69, 9.17) is 14.6 Å². The van der Waals surface area contributed by atoms with Crippen LogP contribution in [0.1, 0.15) is 43.5 Å². The number of carboxylic acid groups (broad SMARTS) is 1. The van der Waals surface area contributed by atoms with Gasteiger partial charge in [-0.3, -0.25) is 9.59 Å². The van der Waals surface area contributed by atoms with Gasteiger partial charge in [-0.25, -0.2) is 0 Å². The van der Waals surface area contributed by atoms with Gasteiger partial charge in [-0.2, -0.15) is 0 Å². The summed E-state index contributed by atoms with van der Waals surface area (Å²) >= 11 is 0. The lowest BCUT2D eigenvalue weighted by Gasteiger charge is -2.13. The predicted molar refractivity (Wildman–Crippen MR) is 74.6 cm³/mol. The number of ether oxygens (including phenoxy) is 2. The molecule has 0 amide bonds. The summed E-state index contributed by atoms with van der Waals surface area (Å²) in [7, 11) is 1.49. The molecule has 0 aliphatic rings. The van der Waals surface area contributed by atoms with Gasteiger partial charge in [0, 0.05) is 12.8 Å². The molecule has 110 valence electrons. The fourth-order valence-electron chi connectivity index (χ4n) is 1.79. The van der Waals surface area contributed by atoms with Crippen molar-refractivity contribution in [2.45, 2.75) is 39.2 Å². The minimum Gasteiger partial charge on any atom is -0.496 e. The largest absolute Gasteiger partial charge is 0.496 e. The van der Waals surface area contributed by atoms with Crippen molar-refractivity contribution in [3.8, 4) is 11.5 Å². The van der Waals surface area contributed by atoms with Crippen molar-refractivity contribution in [2.75, 3.05) is 7.11 Å². The molecule has 0 unspecified atom stereocenters. The van der Waals surface area contributed by atoms with Crippen LogP contribution in [-0.4, -0.2) is 30.1 Å². The molecule has 0 aromatic heterocycles. The molecule has 1 rings (SSSR count). The monoisotopic (exact) mass is 280 g/mol. The van der Waals surface area contributed by atoms with Crippen LogP contribution >= 0.6 is 0 Å². The Bertz CT molecular complexity index is 479. The van der Waals surface area contributed by atoms with Gasteiger partial charge in [-0.1, -0.05) is 0 Å². The molecule has 5 heteroatoms. The van der Waals surface area contributed by atoms with E-state index in [1.807, 2.05) is 13.8 Å². The van der Waals surface area contributed by atoms with E-state index in [0.717, 1.165) is 0 Å². The maximum absolute atomic E-state index is 12.1. The van der Waals surface area contributed by atoms with Gasteiger partial charge < -0.3 is 14.6 Å². The van der Waals surface area contributed by atoms with Gasteiger partial charge in [-0.05, 0) is 38.5 Å². The van der Waals surface area contributed by atoms with Crippen LogP contribution in [-0.2, 0) is 4.79 Å². The Morgan fingerprint density at radius 1 is 1.25 bits per heavy atom. The van der Waals surface area contributed by atoms with Gasteiger partial charge in [0.2, 0.25) is 0 Å². The van der Waals surface area contributed by atoms with E-state index in [9.17, 15) is 9.59 Å². The molecule has 0 fully saturated rings. The lowest BCUT2D eigenvalue weighted by molar-refractivity contribution is -0.137. The molecule has 0 atom stereocenters. The van der Waals surface area contributed by atoms with Crippen LogP contribution in [0.3, 0.4) is 0 Å². The van der Waals surface area contributed by atoms with Crippen LogP contribution in [0.25, 0.3) is 0 Å². The SMILES string of the molecule is COc1ccc(OC(C)C)cc1C(=O)CCCC(=O)O. The second-order valence-electron chi connectivity index (χ2n) is 4.70. The van der Waals surface area contributed by atoms with Crippen molar-refractivity contribution in [2.24, 2.45) is 0 Å². The molecular formula is C15H20O5. The van der Waals surface area contributed by atoms with Crippen molar-refractivity contribution in [1.82, 2.24) is 0 Å². The summed E-state index contributed by atoms with van der Waals surface area (Å²) in [6.07, 6.45) is 0.481. The van der Waals surface area contributed by atoms with Crippen LogP contribution in [0.4, 0.5) is 0 Å². The third-order valence-corrected chi connectivity index (χ3v) is 2.64. The zero-order valence-electron chi connectivity index (χ0n) is 12.0. The van der Waals surface area contributed by atoms with E-state index < -0.39 is 5.97 Å². The molecule has 0 bridgehead atoms. The van der Waals surface area contributed by atoms with E-state index in [0.29, 0.717) is 23.5 Å². The third kappa shape index (κ3) is 4.91. The molecule has 20 heavy (non-hydrogen) atoms. The normalized spacial score (nSPS) is 10.4. The van der Waals surface area contributed by atoms with Gasteiger partial charge in [0.05, 0.1) is 18.8 Å². The highest BCUT2D eigenvalue weighted by Crippen LogP contribution is 2.26. The molecule has 0 aliphatic heterocycles. The molecule has 0 spiro atoms. The summed E-state index contributed by atoms with van der Waals surface area (Å²) in [5.41, 5.74) is 0.427. The molecule has 0 saturated carbocycles. The summed E-state index contributed by atoms with van der Waals surface area (Å²) < 4.78 is 10.7. The van der Waals surface area contributed by atoms with Crippen molar-refractivity contribution >= 4 is 11.8 Å². The lowest BCUT2D eigenvalue weighted by atomic mass is 10.0. The Morgan fingerprint density at radius 2 is 1.95 bits per heavy atom. The van der Waals surface area contributed by atoms with E-state index in [-0.39, 0.29) is 24.7 Å². The number of Topliss-reactive ketones (excluding diaryl/α,β-unsaturated/α-hetero) is 1. The van der Waals surface area contributed by atoms with Gasteiger partial charge in [0.25, 0.3) is 0 Å². The number of ketones is 1. The number of hydrogen-bond acceptors (Lipinski definition) is 4. The van der Waals surface area contributed by atoms with Gasteiger partial charge >= 0.3 is 5.97 Å². The Labute approximate surface area is 118 Å². The predicted octanol–water partition coefficient (Wildman–Crippen LogP) is 2.92. The molecule has 0 aliphatic carbocycles. The first kappa shape index (κ1) is 16.0. The Hall–Kier alpha value is -2.04. The molecule has 1 aromatic rings. The minimum atomic E-state index is -0.901. The summed E-state index contributed by atoms with van der Waals surface area (Å²) in [6, 6.07) is 5.07. The quantitative estimate of drug-likeness (QED) is 0.741.